The van der Waals surface area contributed by atoms with Crippen molar-refractivity contribution < 1.29 is 4.39 Å². The van der Waals surface area contributed by atoms with Crippen molar-refractivity contribution in [2.45, 2.75) is 25.3 Å². The molecule has 1 aromatic rings. The van der Waals surface area contributed by atoms with Crippen LogP contribution in [0, 0.1) is 5.82 Å². The van der Waals surface area contributed by atoms with Crippen LogP contribution in [-0.2, 0) is 6.54 Å². The van der Waals surface area contributed by atoms with Crippen LogP contribution >= 0.6 is 0 Å². The van der Waals surface area contributed by atoms with Gasteiger partial charge in [0.25, 0.3) is 0 Å². The average molecular weight is 166 g/mol. The predicted molar refractivity (Wildman–Crippen MR) is 44.1 cm³/mol. The van der Waals surface area contributed by atoms with Crippen LogP contribution in [0.25, 0.3) is 0 Å². The van der Waals surface area contributed by atoms with Gasteiger partial charge in [-0.25, -0.2) is 4.39 Å². The van der Waals surface area contributed by atoms with Crippen LogP contribution in [0.15, 0.2) is 12.3 Å². The third kappa shape index (κ3) is 1.32. The van der Waals surface area contributed by atoms with Gasteiger partial charge in [-0.05, 0) is 30.4 Å². The lowest BCUT2D eigenvalue weighted by atomic mass is 10.2. The van der Waals surface area contributed by atoms with Crippen molar-refractivity contribution in [2.24, 2.45) is 5.73 Å². The standard InChI is InChI=1S/C9H11FN2/c10-8-3-7(6-1-2-6)5-12-9(8)4-11/h3,5-6H,1-2,4,11H2. The summed E-state index contributed by atoms with van der Waals surface area (Å²) in [5.41, 5.74) is 6.67. The molecule has 1 aliphatic rings. The second-order valence-corrected chi connectivity index (χ2v) is 3.18. The molecule has 0 atom stereocenters. The molecule has 1 heterocycles. The first-order chi connectivity index (χ1) is 5.81. The quantitative estimate of drug-likeness (QED) is 0.724. The smallest absolute Gasteiger partial charge is 0.146 e. The first-order valence-corrected chi connectivity index (χ1v) is 4.15. The van der Waals surface area contributed by atoms with E-state index in [2.05, 4.69) is 4.98 Å². The first-order valence-electron chi connectivity index (χ1n) is 4.15. The van der Waals surface area contributed by atoms with Gasteiger partial charge in [-0.2, -0.15) is 0 Å². The SMILES string of the molecule is NCc1ncc(C2CC2)cc1F. The zero-order chi connectivity index (χ0) is 8.55. The molecule has 1 saturated carbocycles. The van der Waals surface area contributed by atoms with Gasteiger partial charge in [0.2, 0.25) is 0 Å². The molecule has 0 aliphatic heterocycles. The lowest BCUT2D eigenvalue weighted by molar-refractivity contribution is 0.597. The Bertz CT molecular complexity index is 295. The van der Waals surface area contributed by atoms with Crippen LogP contribution in [0.2, 0.25) is 0 Å². The monoisotopic (exact) mass is 166 g/mol. The Hall–Kier alpha value is -0.960. The van der Waals surface area contributed by atoms with Crippen molar-refractivity contribution in [2.75, 3.05) is 0 Å². The molecule has 0 amide bonds. The summed E-state index contributed by atoms with van der Waals surface area (Å²) in [6.07, 6.45) is 4.08. The number of nitrogens with two attached hydrogens (primary N) is 1. The van der Waals surface area contributed by atoms with Crippen molar-refractivity contribution in [1.82, 2.24) is 4.98 Å². The van der Waals surface area contributed by atoms with Crippen molar-refractivity contribution in [3.05, 3.63) is 29.3 Å². The van der Waals surface area contributed by atoms with Gasteiger partial charge in [0.15, 0.2) is 0 Å². The maximum Gasteiger partial charge on any atom is 0.146 e. The molecule has 2 rings (SSSR count). The summed E-state index contributed by atoms with van der Waals surface area (Å²) in [7, 11) is 0. The van der Waals surface area contributed by atoms with Gasteiger partial charge in [-0.1, -0.05) is 0 Å². The van der Waals surface area contributed by atoms with Gasteiger partial charge >= 0.3 is 0 Å². The molecule has 64 valence electrons. The third-order valence-corrected chi connectivity index (χ3v) is 2.18. The molecule has 3 heteroatoms. The molecule has 1 aromatic heterocycles. The fourth-order valence-electron chi connectivity index (χ4n) is 1.27. The van der Waals surface area contributed by atoms with E-state index >= 15 is 0 Å². The summed E-state index contributed by atoms with van der Waals surface area (Å²) in [5, 5.41) is 0. The Morgan fingerprint density at radius 1 is 1.58 bits per heavy atom. The fraction of sp³-hybridized carbons (Fsp3) is 0.444. The molecule has 2 nitrogen and oxygen atoms in total. The highest BCUT2D eigenvalue weighted by atomic mass is 19.1. The van der Waals surface area contributed by atoms with E-state index in [4.69, 9.17) is 5.73 Å². The van der Waals surface area contributed by atoms with E-state index in [0.717, 1.165) is 5.56 Å². The molecule has 0 aromatic carbocycles. The molecule has 0 saturated heterocycles. The Labute approximate surface area is 70.6 Å². The molecule has 0 unspecified atom stereocenters. The van der Waals surface area contributed by atoms with Gasteiger partial charge in [0.1, 0.15) is 5.82 Å². The Morgan fingerprint density at radius 3 is 2.83 bits per heavy atom. The molecule has 12 heavy (non-hydrogen) atoms. The molecule has 1 aliphatic carbocycles. The molecule has 0 spiro atoms. The normalized spacial score (nSPS) is 16.5. The molecular weight excluding hydrogens is 155 g/mol. The van der Waals surface area contributed by atoms with Crippen LogP contribution in [0.4, 0.5) is 4.39 Å². The molecule has 1 fully saturated rings. The van der Waals surface area contributed by atoms with Crippen LogP contribution in [0.3, 0.4) is 0 Å². The summed E-state index contributed by atoms with van der Waals surface area (Å²) in [5.74, 6) is 0.292. The first kappa shape index (κ1) is 7.68. The number of halogens is 1. The third-order valence-electron chi connectivity index (χ3n) is 2.18. The fourth-order valence-corrected chi connectivity index (χ4v) is 1.27. The summed E-state index contributed by atoms with van der Waals surface area (Å²) in [6, 6.07) is 1.56. The minimum Gasteiger partial charge on any atom is -0.325 e. The van der Waals surface area contributed by atoms with Crippen molar-refractivity contribution in [1.29, 1.82) is 0 Å². The van der Waals surface area contributed by atoms with Crippen LogP contribution in [0.5, 0.6) is 0 Å². The van der Waals surface area contributed by atoms with Crippen LogP contribution in [0.1, 0.15) is 30.0 Å². The number of nitrogens with zero attached hydrogens (tertiary/aromatic N) is 1. The van der Waals surface area contributed by atoms with E-state index in [1.165, 1.54) is 12.8 Å². The zero-order valence-electron chi connectivity index (χ0n) is 6.76. The highest BCUT2D eigenvalue weighted by Crippen LogP contribution is 2.39. The summed E-state index contributed by atoms with van der Waals surface area (Å²) >= 11 is 0. The maximum atomic E-state index is 13.1. The minimum absolute atomic E-state index is 0.177. The van der Waals surface area contributed by atoms with E-state index in [-0.39, 0.29) is 12.4 Å². The summed E-state index contributed by atoms with van der Waals surface area (Å²) in [4.78, 5) is 3.96. The lowest BCUT2D eigenvalue weighted by Gasteiger charge is -2.01. The zero-order valence-corrected chi connectivity index (χ0v) is 6.76. The predicted octanol–water partition coefficient (Wildman–Crippen LogP) is 1.56. The average Bonchev–Trinajstić information content (AvgIpc) is 2.86. The molecule has 0 radical (unpaired) electrons. The number of aromatic nitrogens is 1. The number of hydrogen-bond donors (Lipinski definition) is 1. The molecular formula is C9H11FN2. The topological polar surface area (TPSA) is 38.9 Å². The Morgan fingerprint density at radius 2 is 2.33 bits per heavy atom. The van der Waals surface area contributed by atoms with Crippen molar-refractivity contribution in [3.8, 4) is 0 Å². The Kier molecular flexibility index (Phi) is 1.81. The Balaban J connectivity index is 2.30. The molecule has 2 N–H and O–H groups in total. The van der Waals surface area contributed by atoms with Crippen molar-refractivity contribution >= 4 is 0 Å². The van der Waals surface area contributed by atoms with Gasteiger partial charge in [-0.3, -0.25) is 4.98 Å². The second kappa shape index (κ2) is 2.83. The second-order valence-electron chi connectivity index (χ2n) is 3.18. The number of pyridine rings is 1. The molecule has 0 bridgehead atoms. The highest BCUT2D eigenvalue weighted by molar-refractivity contribution is 5.23. The maximum absolute atomic E-state index is 13.1. The largest absolute Gasteiger partial charge is 0.325 e. The van der Waals surface area contributed by atoms with E-state index in [9.17, 15) is 4.39 Å². The highest BCUT2D eigenvalue weighted by Gasteiger charge is 2.24. The van der Waals surface area contributed by atoms with E-state index in [1.807, 2.05) is 0 Å². The van der Waals surface area contributed by atoms with Gasteiger partial charge in [0, 0.05) is 12.7 Å². The van der Waals surface area contributed by atoms with Gasteiger partial charge < -0.3 is 5.73 Å². The lowest BCUT2D eigenvalue weighted by Crippen LogP contribution is -2.03. The van der Waals surface area contributed by atoms with Crippen LogP contribution < -0.4 is 5.73 Å². The van der Waals surface area contributed by atoms with Gasteiger partial charge in [0.05, 0.1) is 5.69 Å². The van der Waals surface area contributed by atoms with E-state index in [1.54, 1.807) is 12.3 Å². The summed E-state index contributed by atoms with van der Waals surface area (Å²) < 4.78 is 13.1. The summed E-state index contributed by atoms with van der Waals surface area (Å²) in [6.45, 7) is 0.177. The van der Waals surface area contributed by atoms with E-state index in [0.29, 0.717) is 11.6 Å². The van der Waals surface area contributed by atoms with Crippen molar-refractivity contribution in [3.63, 3.8) is 0 Å². The number of rotatable bonds is 2. The minimum atomic E-state index is -0.262. The van der Waals surface area contributed by atoms with Crippen LogP contribution in [-0.4, -0.2) is 4.98 Å². The van der Waals surface area contributed by atoms with Gasteiger partial charge in [-0.15, -0.1) is 0 Å². The number of hydrogen-bond acceptors (Lipinski definition) is 2. The van der Waals surface area contributed by atoms with E-state index < -0.39 is 0 Å².